The van der Waals surface area contributed by atoms with E-state index < -0.39 is 0 Å². The van der Waals surface area contributed by atoms with Crippen LogP contribution in [0.3, 0.4) is 0 Å². The lowest BCUT2D eigenvalue weighted by Gasteiger charge is -2.13. The maximum Gasteiger partial charge on any atom is 0.224 e. The third-order valence-electron chi connectivity index (χ3n) is 2.93. The smallest absolute Gasteiger partial charge is 0.224 e. The topological polar surface area (TPSA) is 41.1 Å². The lowest BCUT2D eigenvalue weighted by Crippen LogP contribution is -2.34. The molecule has 1 amide bonds. The predicted octanol–water partition coefficient (Wildman–Crippen LogP) is 1.10. The highest BCUT2D eigenvalue weighted by Crippen LogP contribution is 2.15. The predicted molar refractivity (Wildman–Crippen MR) is 66.1 cm³/mol. The van der Waals surface area contributed by atoms with Gasteiger partial charge in [-0.2, -0.15) is 11.8 Å². The van der Waals surface area contributed by atoms with E-state index in [1.165, 1.54) is 12.2 Å². The van der Waals surface area contributed by atoms with Crippen molar-refractivity contribution < 1.29 is 4.79 Å². The number of amides is 1. The molecular formula is C11H22N2OS. The molecule has 0 aliphatic carbocycles. The van der Waals surface area contributed by atoms with Crippen molar-refractivity contribution in [3.05, 3.63) is 0 Å². The van der Waals surface area contributed by atoms with Crippen LogP contribution in [0.1, 0.15) is 19.8 Å². The second-order valence-electron chi connectivity index (χ2n) is 4.23. The van der Waals surface area contributed by atoms with E-state index in [1.807, 2.05) is 11.8 Å². The van der Waals surface area contributed by atoms with Crippen molar-refractivity contribution in [1.29, 1.82) is 0 Å². The van der Waals surface area contributed by atoms with Gasteiger partial charge in [0.1, 0.15) is 0 Å². The molecular weight excluding hydrogens is 208 g/mol. The molecule has 0 aromatic heterocycles. The van der Waals surface area contributed by atoms with Crippen molar-refractivity contribution >= 4 is 17.7 Å². The summed E-state index contributed by atoms with van der Waals surface area (Å²) in [7, 11) is 0. The van der Waals surface area contributed by atoms with Crippen LogP contribution in [-0.2, 0) is 4.79 Å². The van der Waals surface area contributed by atoms with E-state index >= 15 is 0 Å². The summed E-state index contributed by atoms with van der Waals surface area (Å²) in [6, 6.07) is 0. The molecule has 2 atom stereocenters. The largest absolute Gasteiger partial charge is 0.356 e. The maximum atomic E-state index is 11.7. The summed E-state index contributed by atoms with van der Waals surface area (Å²) < 4.78 is 0. The Morgan fingerprint density at radius 2 is 2.27 bits per heavy atom. The Kier molecular flexibility index (Phi) is 6.10. The highest BCUT2D eigenvalue weighted by molar-refractivity contribution is 7.98. The molecule has 88 valence electrons. The van der Waals surface area contributed by atoms with Gasteiger partial charge < -0.3 is 10.6 Å². The van der Waals surface area contributed by atoms with Crippen LogP contribution in [-0.4, -0.2) is 37.6 Å². The van der Waals surface area contributed by atoms with Gasteiger partial charge in [0.05, 0.1) is 5.92 Å². The summed E-state index contributed by atoms with van der Waals surface area (Å²) in [6.07, 6.45) is 4.41. The Bertz CT molecular complexity index is 199. The molecule has 4 heteroatoms. The molecule has 0 aromatic carbocycles. The lowest BCUT2D eigenvalue weighted by atomic mass is 9.97. The minimum atomic E-state index is 0.186. The first-order valence-corrected chi connectivity index (χ1v) is 7.12. The van der Waals surface area contributed by atoms with Gasteiger partial charge in [-0.1, -0.05) is 6.92 Å². The number of unbranched alkanes of at least 4 members (excludes halogenated alkanes) is 1. The van der Waals surface area contributed by atoms with Crippen LogP contribution >= 0.6 is 11.8 Å². The van der Waals surface area contributed by atoms with Crippen LogP contribution in [0.25, 0.3) is 0 Å². The van der Waals surface area contributed by atoms with Crippen LogP contribution in [0, 0.1) is 11.8 Å². The molecule has 1 heterocycles. The van der Waals surface area contributed by atoms with Gasteiger partial charge in [0.25, 0.3) is 0 Å². The van der Waals surface area contributed by atoms with Gasteiger partial charge in [-0.3, -0.25) is 4.79 Å². The average molecular weight is 230 g/mol. The number of rotatable bonds is 6. The first-order valence-electron chi connectivity index (χ1n) is 5.73. The van der Waals surface area contributed by atoms with Gasteiger partial charge in [-0.15, -0.1) is 0 Å². The fourth-order valence-electron chi connectivity index (χ4n) is 1.88. The second kappa shape index (κ2) is 7.12. The molecule has 1 aliphatic rings. The van der Waals surface area contributed by atoms with Crippen molar-refractivity contribution in [3.63, 3.8) is 0 Å². The van der Waals surface area contributed by atoms with Crippen LogP contribution < -0.4 is 10.6 Å². The maximum absolute atomic E-state index is 11.7. The molecule has 0 radical (unpaired) electrons. The SMILES string of the molecule is CSCCCCNC(=O)C1CNCC1C. The fraction of sp³-hybridized carbons (Fsp3) is 0.909. The van der Waals surface area contributed by atoms with E-state index in [1.54, 1.807) is 0 Å². The highest BCUT2D eigenvalue weighted by Gasteiger charge is 2.28. The first kappa shape index (κ1) is 12.8. The zero-order valence-electron chi connectivity index (χ0n) is 9.71. The normalized spacial score (nSPS) is 25.5. The minimum absolute atomic E-state index is 0.186. The van der Waals surface area contributed by atoms with E-state index in [-0.39, 0.29) is 11.8 Å². The first-order chi connectivity index (χ1) is 7.25. The number of hydrogen-bond donors (Lipinski definition) is 2. The summed E-state index contributed by atoms with van der Waals surface area (Å²) in [5.41, 5.74) is 0. The third kappa shape index (κ3) is 4.43. The Balaban J connectivity index is 2.08. The number of nitrogens with one attached hydrogen (secondary N) is 2. The number of hydrogen-bond acceptors (Lipinski definition) is 3. The second-order valence-corrected chi connectivity index (χ2v) is 5.22. The third-order valence-corrected chi connectivity index (χ3v) is 3.63. The van der Waals surface area contributed by atoms with Crippen LogP contribution in [0.2, 0.25) is 0 Å². The van der Waals surface area contributed by atoms with E-state index in [0.29, 0.717) is 5.92 Å². The molecule has 3 nitrogen and oxygen atoms in total. The fourth-order valence-corrected chi connectivity index (χ4v) is 2.37. The van der Waals surface area contributed by atoms with Gasteiger partial charge in [0.2, 0.25) is 5.91 Å². The number of carbonyl (C=O) groups excluding carboxylic acids is 1. The Labute approximate surface area is 96.8 Å². The molecule has 0 aromatic rings. The molecule has 1 aliphatic heterocycles. The van der Waals surface area contributed by atoms with Crippen molar-refractivity contribution in [3.8, 4) is 0 Å². The minimum Gasteiger partial charge on any atom is -0.356 e. The van der Waals surface area contributed by atoms with Crippen LogP contribution in [0.15, 0.2) is 0 Å². The van der Waals surface area contributed by atoms with E-state index in [4.69, 9.17) is 0 Å². The molecule has 2 unspecified atom stereocenters. The molecule has 0 bridgehead atoms. The zero-order valence-corrected chi connectivity index (χ0v) is 10.5. The Morgan fingerprint density at radius 1 is 1.47 bits per heavy atom. The van der Waals surface area contributed by atoms with Crippen molar-refractivity contribution in [2.75, 3.05) is 31.6 Å². The number of thioether (sulfide) groups is 1. The van der Waals surface area contributed by atoms with Gasteiger partial charge >= 0.3 is 0 Å². The van der Waals surface area contributed by atoms with E-state index in [9.17, 15) is 4.79 Å². The lowest BCUT2D eigenvalue weighted by molar-refractivity contribution is -0.125. The summed E-state index contributed by atoms with van der Waals surface area (Å²) in [5, 5.41) is 6.28. The van der Waals surface area contributed by atoms with Crippen molar-refractivity contribution in [2.45, 2.75) is 19.8 Å². The molecule has 2 N–H and O–H groups in total. The van der Waals surface area contributed by atoms with Crippen LogP contribution in [0.4, 0.5) is 0 Å². The van der Waals surface area contributed by atoms with E-state index in [0.717, 1.165) is 26.1 Å². The molecule has 0 spiro atoms. The van der Waals surface area contributed by atoms with E-state index in [2.05, 4.69) is 23.8 Å². The van der Waals surface area contributed by atoms with Crippen molar-refractivity contribution in [1.82, 2.24) is 10.6 Å². The summed E-state index contributed by atoms with van der Waals surface area (Å²) in [5.74, 6) is 2.09. The summed E-state index contributed by atoms with van der Waals surface area (Å²) >= 11 is 1.86. The van der Waals surface area contributed by atoms with Gasteiger partial charge in [-0.25, -0.2) is 0 Å². The molecule has 1 rings (SSSR count). The zero-order chi connectivity index (χ0) is 11.1. The van der Waals surface area contributed by atoms with Gasteiger partial charge in [0.15, 0.2) is 0 Å². The Morgan fingerprint density at radius 3 is 2.87 bits per heavy atom. The van der Waals surface area contributed by atoms with Crippen LogP contribution in [0.5, 0.6) is 0 Å². The summed E-state index contributed by atoms with van der Waals surface area (Å²) in [4.78, 5) is 11.7. The quantitative estimate of drug-likeness (QED) is 0.671. The monoisotopic (exact) mass is 230 g/mol. The molecule has 15 heavy (non-hydrogen) atoms. The van der Waals surface area contributed by atoms with Crippen molar-refractivity contribution in [2.24, 2.45) is 11.8 Å². The standard InChI is InChI=1S/C11H22N2OS/c1-9-7-12-8-10(9)11(14)13-5-3-4-6-15-2/h9-10,12H,3-8H2,1-2H3,(H,13,14). The Hall–Kier alpha value is -0.220. The molecule has 1 saturated heterocycles. The average Bonchev–Trinajstić information content (AvgIpc) is 2.64. The van der Waals surface area contributed by atoms with Gasteiger partial charge in [0, 0.05) is 13.1 Å². The molecule has 1 fully saturated rings. The highest BCUT2D eigenvalue weighted by atomic mass is 32.2. The summed E-state index contributed by atoms with van der Waals surface area (Å²) in [6.45, 7) is 4.79. The number of carbonyl (C=O) groups is 1. The van der Waals surface area contributed by atoms with Gasteiger partial charge in [-0.05, 0) is 37.3 Å². The molecule has 0 saturated carbocycles.